The van der Waals surface area contributed by atoms with Crippen molar-refractivity contribution < 1.29 is 9.59 Å². The zero-order valence-corrected chi connectivity index (χ0v) is 16.9. The van der Waals surface area contributed by atoms with Crippen LogP contribution < -0.4 is 5.32 Å². The summed E-state index contributed by atoms with van der Waals surface area (Å²) in [7, 11) is 0. The summed E-state index contributed by atoms with van der Waals surface area (Å²) < 4.78 is 0. The van der Waals surface area contributed by atoms with Gasteiger partial charge in [-0.15, -0.1) is 0 Å². The number of amides is 2. The first-order chi connectivity index (χ1) is 13.5. The number of carbonyl (C=O) groups is 2. The van der Waals surface area contributed by atoms with E-state index in [1.54, 1.807) is 12.1 Å². The third kappa shape index (κ3) is 4.58. The number of nitrogens with one attached hydrogen (secondary N) is 1. The summed E-state index contributed by atoms with van der Waals surface area (Å²) in [5, 5.41) is 2.90. The molecule has 2 aromatic rings. The lowest BCUT2D eigenvalue weighted by Gasteiger charge is -2.35. The second-order valence-electron chi connectivity index (χ2n) is 7.72. The molecule has 1 aliphatic rings. The fraction of sp³-hybridized carbons (Fsp3) is 0.435. The standard InChI is InChI=1S/C23H29N3O2/c1-4-20-7-5-6-14-26(20)23(28)21-15-18(12-13-24-21)22(27)25-19-10-8-17(9-11-19)16(2)3/h8-13,15-16,20H,4-7,14H2,1-3H3,(H,25,27). The number of pyridine rings is 1. The van der Waals surface area contributed by atoms with Crippen molar-refractivity contribution in [3.05, 3.63) is 59.4 Å². The van der Waals surface area contributed by atoms with E-state index in [9.17, 15) is 9.59 Å². The molecule has 2 amide bonds. The van der Waals surface area contributed by atoms with Gasteiger partial charge < -0.3 is 10.2 Å². The SMILES string of the molecule is CCC1CCCCN1C(=O)c1cc(C(=O)Nc2ccc(C(C)C)cc2)ccn1. The van der Waals surface area contributed by atoms with Crippen LogP contribution >= 0.6 is 0 Å². The van der Waals surface area contributed by atoms with Crippen molar-refractivity contribution >= 4 is 17.5 Å². The van der Waals surface area contributed by atoms with E-state index < -0.39 is 0 Å². The van der Waals surface area contributed by atoms with Gasteiger partial charge in [-0.05, 0) is 61.4 Å². The molecule has 148 valence electrons. The van der Waals surface area contributed by atoms with E-state index in [4.69, 9.17) is 0 Å². The first-order valence-corrected chi connectivity index (χ1v) is 10.2. The number of carbonyl (C=O) groups excluding carboxylic acids is 2. The fourth-order valence-corrected chi connectivity index (χ4v) is 3.68. The summed E-state index contributed by atoms with van der Waals surface area (Å²) in [4.78, 5) is 31.7. The number of hydrogen-bond acceptors (Lipinski definition) is 3. The number of rotatable bonds is 5. The molecule has 0 aliphatic carbocycles. The van der Waals surface area contributed by atoms with Crippen LogP contribution in [-0.2, 0) is 0 Å². The number of nitrogens with zero attached hydrogens (tertiary/aromatic N) is 2. The second kappa shape index (κ2) is 9.00. The molecule has 1 fully saturated rings. The molecule has 0 radical (unpaired) electrons. The maximum atomic E-state index is 12.9. The predicted molar refractivity (Wildman–Crippen MR) is 112 cm³/mol. The molecular weight excluding hydrogens is 350 g/mol. The second-order valence-corrected chi connectivity index (χ2v) is 7.72. The third-order valence-corrected chi connectivity index (χ3v) is 5.44. The zero-order chi connectivity index (χ0) is 20.1. The van der Waals surface area contributed by atoms with Crippen molar-refractivity contribution in [3.63, 3.8) is 0 Å². The van der Waals surface area contributed by atoms with Gasteiger partial charge in [0.05, 0.1) is 0 Å². The van der Waals surface area contributed by atoms with Gasteiger partial charge in [0.1, 0.15) is 5.69 Å². The van der Waals surface area contributed by atoms with Crippen molar-refractivity contribution in [1.82, 2.24) is 9.88 Å². The number of aromatic nitrogens is 1. The van der Waals surface area contributed by atoms with Gasteiger partial charge in [0.15, 0.2) is 0 Å². The Labute approximate surface area is 167 Å². The smallest absolute Gasteiger partial charge is 0.272 e. The number of benzene rings is 1. The average molecular weight is 380 g/mol. The summed E-state index contributed by atoms with van der Waals surface area (Å²) in [5.74, 6) is 0.127. The lowest BCUT2D eigenvalue weighted by Crippen LogP contribution is -2.43. The molecule has 1 aromatic carbocycles. The maximum Gasteiger partial charge on any atom is 0.272 e. The van der Waals surface area contributed by atoms with Crippen LogP contribution in [0.2, 0.25) is 0 Å². The Morgan fingerprint density at radius 3 is 2.61 bits per heavy atom. The van der Waals surface area contributed by atoms with Crippen LogP contribution in [0.15, 0.2) is 42.6 Å². The normalized spacial score (nSPS) is 16.9. The molecule has 28 heavy (non-hydrogen) atoms. The summed E-state index contributed by atoms with van der Waals surface area (Å²) in [6.07, 6.45) is 5.70. The molecule has 1 atom stereocenters. The van der Waals surface area contributed by atoms with E-state index in [1.165, 1.54) is 11.8 Å². The quantitative estimate of drug-likeness (QED) is 0.807. The van der Waals surface area contributed by atoms with Crippen molar-refractivity contribution in [3.8, 4) is 0 Å². The van der Waals surface area contributed by atoms with Gasteiger partial charge in [-0.3, -0.25) is 14.6 Å². The number of piperidine rings is 1. The van der Waals surface area contributed by atoms with Crippen LogP contribution in [0.3, 0.4) is 0 Å². The van der Waals surface area contributed by atoms with E-state index in [1.807, 2.05) is 29.2 Å². The van der Waals surface area contributed by atoms with E-state index in [0.717, 1.165) is 37.9 Å². The number of anilines is 1. The molecule has 0 bridgehead atoms. The first kappa shape index (κ1) is 20.1. The van der Waals surface area contributed by atoms with Gasteiger partial charge in [0.25, 0.3) is 11.8 Å². The molecule has 1 unspecified atom stereocenters. The van der Waals surface area contributed by atoms with Crippen LogP contribution in [0.1, 0.15) is 78.8 Å². The molecular formula is C23H29N3O2. The highest BCUT2D eigenvalue weighted by molar-refractivity contribution is 6.05. The summed E-state index contributed by atoms with van der Waals surface area (Å²) in [6.45, 7) is 7.14. The summed E-state index contributed by atoms with van der Waals surface area (Å²) in [6, 6.07) is 11.3. The third-order valence-electron chi connectivity index (χ3n) is 5.44. The fourth-order valence-electron chi connectivity index (χ4n) is 3.68. The maximum absolute atomic E-state index is 12.9. The Morgan fingerprint density at radius 1 is 1.18 bits per heavy atom. The highest BCUT2D eigenvalue weighted by Gasteiger charge is 2.27. The molecule has 1 aromatic heterocycles. The van der Waals surface area contributed by atoms with Gasteiger partial charge in [-0.2, -0.15) is 0 Å². The van der Waals surface area contributed by atoms with Gasteiger partial charge in [0, 0.05) is 30.0 Å². The number of likely N-dealkylation sites (tertiary alicyclic amines) is 1. The lowest BCUT2D eigenvalue weighted by molar-refractivity contribution is 0.0602. The van der Waals surface area contributed by atoms with Gasteiger partial charge in [-0.25, -0.2) is 0 Å². The number of hydrogen-bond donors (Lipinski definition) is 1. The monoisotopic (exact) mass is 379 g/mol. The van der Waals surface area contributed by atoms with E-state index in [-0.39, 0.29) is 17.9 Å². The molecule has 1 saturated heterocycles. The molecule has 5 nitrogen and oxygen atoms in total. The minimum Gasteiger partial charge on any atom is -0.334 e. The van der Waals surface area contributed by atoms with Gasteiger partial charge >= 0.3 is 0 Å². The van der Waals surface area contributed by atoms with Crippen LogP contribution in [0.5, 0.6) is 0 Å². The highest BCUT2D eigenvalue weighted by atomic mass is 16.2. The van der Waals surface area contributed by atoms with Crippen molar-refractivity contribution in [1.29, 1.82) is 0 Å². The van der Waals surface area contributed by atoms with E-state index in [0.29, 0.717) is 17.2 Å². The summed E-state index contributed by atoms with van der Waals surface area (Å²) in [5.41, 5.74) is 2.74. The molecule has 5 heteroatoms. The molecule has 0 spiro atoms. The Hall–Kier alpha value is -2.69. The van der Waals surface area contributed by atoms with Crippen LogP contribution in [0, 0.1) is 0 Å². The largest absolute Gasteiger partial charge is 0.334 e. The van der Waals surface area contributed by atoms with E-state index in [2.05, 4.69) is 31.1 Å². The van der Waals surface area contributed by atoms with Crippen molar-refractivity contribution in [2.24, 2.45) is 0 Å². The topological polar surface area (TPSA) is 62.3 Å². The first-order valence-electron chi connectivity index (χ1n) is 10.2. The van der Waals surface area contributed by atoms with Crippen LogP contribution in [0.25, 0.3) is 0 Å². The zero-order valence-electron chi connectivity index (χ0n) is 16.9. The van der Waals surface area contributed by atoms with Crippen molar-refractivity contribution in [2.45, 2.75) is 58.4 Å². The minimum atomic E-state index is -0.237. The Bertz CT molecular complexity index is 830. The molecule has 3 rings (SSSR count). The lowest BCUT2D eigenvalue weighted by atomic mass is 9.99. The van der Waals surface area contributed by atoms with E-state index >= 15 is 0 Å². The predicted octanol–water partition coefficient (Wildman–Crippen LogP) is 4.86. The average Bonchev–Trinajstić information content (AvgIpc) is 2.73. The van der Waals surface area contributed by atoms with Gasteiger partial charge in [0.2, 0.25) is 0 Å². The molecule has 2 heterocycles. The van der Waals surface area contributed by atoms with Crippen LogP contribution in [0.4, 0.5) is 5.69 Å². The minimum absolute atomic E-state index is 0.0810. The Morgan fingerprint density at radius 2 is 1.93 bits per heavy atom. The molecule has 1 aliphatic heterocycles. The van der Waals surface area contributed by atoms with Crippen LogP contribution in [-0.4, -0.2) is 34.3 Å². The summed E-state index contributed by atoms with van der Waals surface area (Å²) >= 11 is 0. The molecule has 1 N–H and O–H groups in total. The highest BCUT2D eigenvalue weighted by Crippen LogP contribution is 2.22. The van der Waals surface area contributed by atoms with Crippen molar-refractivity contribution in [2.75, 3.05) is 11.9 Å². The Balaban J connectivity index is 1.73. The Kier molecular flexibility index (Phi) is 6.45. The van der Waals surface area contributed by atoms with Gasteiger partial charge in [-0.1, -0.05) is 32.9 Å². The molecule has 0 saturated carbocycles.